The standard InChI is InChI=1S/C9H6N4O/c1-2-8-9(14-13-12-8)5-6(1)7-3-4-10-11-7/h1-5H,(H,10,11). The molecule has 0 aliphatic heterocycles. The van der Waals surface area contributed by atoms with Gasteiger partial charge >= 0.3 is 0 Å². The third-order valence-corrected chi connectivity index (χ3v) is 2.06. The minimum absolute atomic E-state index is 0.678. The molecule has 14 heavy (non-hydrogen) atoms. The zero-order valence-electron chi connectivity index (χ0n) is 7.14. The highest BCUT2D eigenvalue weighted by atomic mass is 16.5. The van der Waals surface area contributed by atoms with E-state index in [-0.39, 0.29) is 0 Å². The van der Waals surface area contributed by atoms with Crippen LogP contribution in [0.5, 0.6) is 0 Å². The van der Waals surface area contributed by atoms with Crippen LogP contribution < -0.4 is 0 Å². The lowest BCUT2D eigenvalue weighted by molar-refractivity contribution is 0.424. The van der Waals surface area contributed by atoms with E-state index in [9.17, 15) is 0 Å². The predicted octanol–water partition coefficient (Wildman–Crippen LogP) is 1.61. The van der Waals surface area contributed by atoms with E-state index in [2.05, 4.69) is 20.6 Å². The van der Waals surface area contributed by atoms with Crippen LogP contribution >= 0.6 is 0 Å². The minimum Gasteiger partial charge on any atom is -0.337 e. The van der Waals surface area contributed by atoms with Crippen molar-refractivity contribution in [3.8, 4) is 11.3 Å². The van der Waals surface area contributed by atoms with Crippen LogP contribution in [0, 0.1) is 0 Å². The molecule has 3 aromatic rings. The number of benzene rings is 1. The van der Waals surface area contributed by atoms with E-state index in [4.69, 9.17) is 4.52 Å². The van der Waals surface area contributed by atoms with Gasteiger partial charge < -0.3 is 4.52 Å². The van der Waals surface area contributed by atoms with Gasteiger partial charge in [0.25, 0.3) is 0 Å². The largest absolute Gasteiger partial charge is 0.337 e. The fourth-order valence-corrected chi connectivity index (χ4v) is 1.36. The number of H-pyrrole nitrogens is 1. The van der Waals surface area contributed by atoms with Crippen molar-refractivity contribution in [2.45, 2.75) is 0 Å². The second-order valence-electron chi connectivity index (χ2n) is 2.93. The predicted molar refractivity (Wildman–Crippen MR) is 49.4 cm³/mol. The lowest BCUT2D eigenvalue weighted by Crippen LogP contribution is -1.77. The molecule has 0 unspecified atom stereocenters. The molecule has 0 bridgehead atoms. The maximum atomic E-state index is 4.96. The summed E-state index contributed by atoms with van der Waals surface area (Å²) in [6.07, 6.45) is 1.71. The summed E-state index contributed by atoms with van der Waals surface area (Å²) in [6, 6.07) is 7.58. The van der Waals surface area contributed by atoms with Crippen molar-refractivity contribution >= 4 is 11.1 Å². The van der Waals surface area contributed by atoms with Crippen LogP contribution in [-0.2, 0) is 0 Å². The van der Waals surface area contributed by atoms with Crippen LogP contribution in [0.2, 0.25) is 0 Å². The molecule has 0 spiro atoms. The van der Waals surface area contributed by atoms with Crippen LogP contribution in [-0.4, -0.2) is 20.6 Å². The molecule has 5 nitrogen and oxygen atoms in total. The number of nitrogens with one attached hydrogen (secondary N) is 1. The van der Waals surface area contributed by atoms with E-state index in [0.29, 0.717) is 5.58 Å². The number of hydrogen-bond donors (Lipinski definition) is 1. The Kier molecular flexibility index (Phi) is 1.38. The van der Waals surface area contributed by atoms with Crippen molar-refractivity contribution in [1.29, 1.82) is 0 Å². The zero-order chi connectivity index (χ0) is 9.38. The molecular formula is C9H6N4O. The number of nitrogens with zero attached hydrogens (tertiary/aromatic N) is 3. The fourth-order valence-electron chi connectivity index (χ4n) is 1.36. The van der Waals surface area contributed by atoms with E-state index < -0.39 is 0 Å². The summed E-state index contributed by atoms with van der Waals surface area (Å²) in [4.78, 5) is 0. The molecule has 2 heterocycles. The summed E-state index contributed by atoms with van der Waals surface area (Å²) in [7, 11) is 0. The molecule has 1 aromatic carbocycles. The van der Waals surface area contributed by atoms with Gasteiger partial charge in [0.15, 0.2) is 5.58 Å². The Morgan fingerprint density at radius 2 is 2.21 bits per heavy atom. The summed E-state index contributed by atoms with van der Waals surface area (Å²) in [6.45, 7) is 0. The molecule has 0 fully saturated rings. The smallest absolute Gasteiger partial charge is 0.188 e. The highest BCUT2D eigenvalue weighted by Crippen LogP contribution is 2.20. The summed E-state index contributed by atoms with van der Waals surface area (Å²) in [5, 5.41) is 14.0. The molecule has 2 aromatic heterocycles. The van der Waals surface area contributed by atoms with Crippen molar-refractivity contribution in [3.05, 3.63) is 30.5 Å². The van der Waals surface area contributed by atoms with Crippen LogP contribution in [0.1, 0.15) is 0 Å². The van der Waals surface area contributed by atoms with Gasteiger partial charge in [-0.1, -0.05) is 6.07 Å². The summed E-state index contributed by atoms with van der Waals surface area (Å²) >= 11 is 0. The Hall–Kier alpha value is -2.17. The molecule has 0 amide bonds. The molecule has 5 heteroatoms. The topological polar surface area (TPSA) is 67.6 Å². The fraction of sp³-hybridized carbons (Fsp3) is 0. The van der Waals surface area contributed by atoms with Crippen molar-refractivity contribution in [1.82, 2.24) is 20.6 Å². The summed E-state index contributed by atoms with van der Waals surface area (Å²) < 4.78 is 4.96. The number of aromatic nitrogens is 4. The lowest BCUT2D eigenvalue weighted by atomic mass is 10.1. The second kappa shape index (κ2) is 2.66. The molecule has 0 saturated carbocycles. The van der Waals surface area contributed by atoms with Crippen molar-refractivity contribution < 1.29 is 4.52 Å². The molecule has 3 rings (SSSR count). The monoisotopic (exact) mass is 186 g/mol. The highest BCUT2D eigenvalue weighted by Gasteiger charge is 2.03. The van der Waals surface area contributed by atoms with Crippen molar-refractivity contribution in [2.24, 2.45) is 0 Å². The molecule has 68 valence electrons. The first kappa shape index (κ1) is 7.25. The number of aromatic amines is 1. The third-order valence-electron chi connectivity index (χ3n) is 2.06. The summed E-state index contributed by atoms with van der Waals surface area (Å²) in [5.41, 5.74) is 3.39. The number of fused-ring (bicyclic) bond motifs is 1. The number of rotatable bonds is 1. The molecule has 1 N–H and O–H groups in total. The highest BCUT2D eigenvalue weighted by molar-refractivity contribution is 5.78. The average molecular weight is 186 g/mol. The second-order valence-corrected chi connectivity index (χ2v) is 2.93. The van der Waals surface area contributed by atoms with Crippen molar-refractivity contribution in [2.75, 3.05) is 0 Å². The van der Waals surface area contributed by atoms with Crippen LogP contribution in [0.15, 0.2) is 35.0 Å². The molecule has 0 aliphatic rings. The first-order valence-corrected chi connectivity index (χ1v) is 4.15. The third kappa shape index (κ3) is 0.990. The van der Waals surface area contributed by atoms with E-state index in [1.165, 1.54) is 0 Å². The van der Waals surface area contributed by atoms with E-state index in [0.717, 1.165) is 16.8 Å². The Labute approximate surface area is 78.7 Å². The lowest BCUT2D eigenvalue weighted by Gasteiger charge is -1.94. The van der Waals surface area contributed by atoms with E-state index in [1.807, 2.05) is 24.3 Å². The van der Waals surface area contributed by atoms with Gasteiger partial charge in [-0.15, -0.1) is 5.10 Å². The van der Waals surface area contributed by atoms with Gasteiger partial charge in [-0.3, -0.25) is 5.10 Å². The summed E-state index contributed by atoms with van der Waals surface area (Å²) in [5.74, 6) is 0. The Morgan fingerprint density at radius 1 is 1.21 bits per heavy atom. The first-order chi connectivity index (χ1) is 6.93. The molecule has 0 saturated heterocycles. The van der Waals surface area contributed by atoms with E-state index in [1.54, 1.807) is 6.20 Å². The van der Waals surface area contributed by atoms with Crippen molar-refractivity contribution in [3.63, 3.8) is 0 Å². The quantitative estimate of drug-likeness (QED) is 0.626. The SMILES string of the molecule is c1cc(-c2ccc3nnoc3c2)[nH]n1. The zero-order valence-corrected chi connectivity index (χ0v) is 7.14. The maximum absolute atomic E-state index is 4.96. The maximum Gasteiger partial charge on any atom is 0.188 e. The first-order valence-electron chi connectivity index (χ1n) is 4.15. The minimum atomic E-state index is 0.678. The Bertz CT molecular complexity index is 555. The molecule has 0 radical (unpaired) electrons. The molecule has 0 atom stereocenters. The van der Waals surface area contributed by atoms with E-state index >= 15 is 0 Å². The average Bonchev–Trinajstić information content (AvgIpc) is 2.88. The Balaban J connectivity index is 2.23. The van der Waals surface area contributed by atoms with Gasteiger partial charge in [0, 0.05) is 17.0 Å². The molecular weight excluding hydrogens is 180 g/mol. The van der Waals surface area contributed by atoms with Gasteiger partial charge in [0.2, 0.25) is 0 Å². The van der Waals surface area contributed by atoms with Crippen LogP contribution in [0.4, 0.5) is 0 Å². The van der Waals surface area contributed by atoms with Gasteiger partial charge in [-0.05, 0) is 18.2 Å². The van der Waals surface area contributed by atoms with Crippen LogP contribution in [0.25, 0.3) is 22.4 Å². The normalized spacial score (nSPS) is 10.9. The van der Waals surface area contributed by atoms with Gasteiger partial charge in [0.1, 0.15) is 5.52 Å². The molecule has 0 aliphatic carbocycles. The number of hydrogen-bond acceptors (Lipinski definition) is 4. The van der Waals surface area contributed by atoms with Gasteiger partial charge in [-0.25, -0.2) is 0 Å². The van der Waals surface area contributed by atoms with Crippen LogP contribution in [0.3, 0.4) is 0 Å². The Morgan fingerprint density at radius 3 is 3.07 bits per heavy atom. The van der Waals surface area contributed by atoms with Gasteiger partial charge in [-0.2, -0.15) is 5.10 Å². The van der Waals surface area contributed by atoms with Gasteiger partial charge in [0.05, 0.1) is 5.69 Å².